The fourth-order valence-corrected chi connectivity index (χ4v) is 4.03. The molecule has 0 radical (unpaired) electrons. The van der Waals surface area contributed by atoms with Crippen LogP contribution in [-0.2, 0) is 4.79 Å². The second-order valence-corrected chi connectivity index (χ2v) is 7.52. The standard InChI is InChI=1S/C22H24N2OS/c1-17(2)24(19-12-7-4-8-13-19)21(25)16-23-22(20-14-9-15-26-20)18-10-5-3-6-11-18/h3-15,17,22-23H,16H2,1-2H3/p+1/t22-/m0/s1. The van der Waals surface area contributed by atoms with Crippen molar-refractivity contribution in [3.63, 3.8) is 0 Å². The zero-order valence-corrected chi connectivity index (χ0v) is 16.0. The lowest BCUT2D eigenvalue weighted by molar-refractivity contribution is -0.676. The van der Waals surface area contributed by atoms with Gasteiger partial charge in [0.05, 0.1) is 4.88 Å². The van der Waals surface area contributed by atoms with Gasteiger partial charge in [0.25, 0.3) is 5.91 Å². The third-order valence-corrected chi connectivity index (χ3v) is 5.31. The first-order chi connectivity index (χ1) is 12.7. The molecule has 1 amide bonds. The number of hydrogen-bond acceptors (Lipinski definition) is 2. The van der Waals surface area contributed by atoms with Crippen LogP contribution in [-0.4, -0.2) is 18.5 Å². The van der Waals surface area contributed by atoms with Crippen LogP contribution >= 0.6 is 11.3 Å². The van der Waals surface area contributed by atoms with Crippen LogP contribution in [0.25, 0.3) is 0 Å². The number of amides is 1. The average Bonchev–Trinajstić information content (AvgIpc) is 3.18. The molecule has 3 nitrogen and oxygen atoms in total. The number of carbonyl (C=O) groups excluding carboxylic acids is 1. The van der Waals surface area contributed by atoms with Crippen LogP contribution in [0, 0.1) is 0 Å². The van der Waals surface area contributed by atoms with E-state index < -0.39 is 0 Å². The third kappa shape index (κ3) is 4.40. The van der Waals surface area contributed by atoms with Gasteiger partial charge in [0.2, 0.25) is 0 Å². The van der Waals surface area contributed by atoms with Crippen LogP contribution in [0.15, 0.2) is 78.2 Å². The van der Waals surface area contributed by atoms with Crippen molar-refractivity contribution in [2.24, 2.45) is 0 Å². The Kier molecular flexibility index (Phi) is 6.21. The van der Waals surface area contributed by atoms with Gasteiger partial charge in [-0.25, -0.2) is 0 Å². The molecule has 1 heterocycles. The summed E-state index contributed by atoms with van der Waals surface area (Å²) in [7, 11) is 0. The summed E-state index contributed by atoms with van der Waals surface area (Å²) in [6, 6.07) is 24.8. The van der Waals surface area contributed by atoms with Gasteiger partial charge in [0.15, 0.2) is 6.54 Å². The Labute approximate surface area is 159 Å². The molecule has 134 valence electrons. The smallest absolute Gasteiger partial charge is 0.282 e. The van der Waals surface area contributed by atoms with Gasteiger partial charge >= 0.3 is 0 Å². The Bertz CT molecular complexity index is 801. The lowest BCUT2D eigenvalue weighted by Gasteiger charge is -2.27. The Balaban J connectivity index is 1.77. The maximum Gasteiger partial charge on any atom is 0.282 e. The fourth-order valence-electron chi connectivity index (χ4n) is 3.18. The molecule has 0 bridgehead atoms. The van der Waals surface area contributed by atoms with Crippen LogP contribution in [0.5, 0.6) is 0 Å². The molecule has 0 aliphatic rings. The maximum atomic E-state index is 13.0. The number of nitrogens with two attached hydrogens (primary N) is 1. The summed E-state index contributed by atoms with van der Waals surface area (Å²) in [5, 5.41) is 4.23. The van der Waals surface area contributed by atoms with Crippen LogP contribution < -0.4 is 10.2 Å². The highest BCUT2D eigenvalue weighted by atomic mass is 32.1. The van der Waals surface area contributed by atoms with Crippen molar-refractivity contribution in [1.82, 2.24) is 0 Å². The summed E-state index contributed by atoms with van der Waals surface area (Å²) in [6.45, 7) is 4.52. The minimum atomic E-state index is 0.121. The molecule has 2 N–H and O–H groups in total. The molecule has 3 aromatic rings. The van der Waals surface area contributed by atoms with Crippen LogP contribution in [0.2, 0.25) is 0 Å². The van der Waals surface area contributed by atoms with Gasteiger partial charge in [0, 0.05) is 17.3 Å². The molecule has 0 unspecified atom stereocenters. The molecule has 0 spiro atoms. The molecule has 0 saturated heterocycles. The van der Waals surface area contributed by atoms with E-state index in [4.69, 9.17) is 0 Å². The van der Waals surface area contributed by atoms with Gasteiger partial charge in [-0.1, -0.05) is 54.6 Å². The highest BCUT2D eigenvalue weighted by molar-refractivity contribution is 7.10. The number of quaternary nitrogens is 1. The van der Waals surface area contributed by atoms with Gasteiger partial charge < -0.3 is 10.2 Å². The first kappa shape index (κ1) is 18.4. The molecule has 0 aliphatic carbocycles. The maximum absolute atomic E-state index is 13.0. The Morgan fingerprint density at radius 2 is 1.62 bits per heavy atom. The zero-order valence-electron chi connectivity index (χ0n) is 15.2. The highest BCUT2D eigenvalue weighted by Gasteiger charge is 2.24. The van der Waals surface area contributed by atoms with E-state index in [9.17, 15) is 4.79 Å². The molecule has 0 fully saturated rings. The number of benzene rings is 2. The molecular weight excluding hydrogens is 340 g/mol. The van der Waals surface area contributed by atoms with Crippen molar-refractivity contribution < 1.29 is 10.1 Å². The van der Waals surface area contributed by atoms with E-state index in [0.29, 0.717) is 6.54 Å². The van der Waals surface area contributed by atoms with Crippen molar-refractivity contribution in [3.8, 4) is 0 Å². The second-order valence-electron chi connectivity index (χ2n) is 6.54. The summed E-state index contributed by atoms with van der Waals surface area (Å²) in [5.74, 6) is 0.128. The van der Waals surface area contributed by atoms with Gasteiger partial charge in [-0.3, -0.25) is 4.79 Å². The van der Waals surface area contributed by atoms with Crippen molar-refractivity contribution in [2.75, 3.05) is 11.4 Å². The molecule has 1 atom stereocenters. The number of anilines is 1. The lowest BCUT2D eigenvalue weighted by atomic mass is 10.1. The van der Waals surface area contributed by atoms with Gasteiger partial charge in [-0.2, -0.15) is 0 Å². The Morgan fingerprint density at radius 3 is 2.19 bits per heavy atom. The number of para-hydroxylation sites is 1. The number of thiophene rings is 1. The lowest BCUT2D eigenvalue weighted by Crippen LogP contribution is -2.88. The van der Waals surface area contributed by atoms with Crippen molar-refractivity contribution in [2.45, 2.75) is 25.9 Å². The number of nitrogens with zero attached hydrogens (tertiary/aromatic N) is 1. The monoisotopic (exact) mass is 365 g/mol. The first-order valence-corrected chi connectivity index (χ1v) is 9.83. The zero-order chi connectivity index (χ0) is 18.4. The fraction of sp³-hybridized carbons (Fsp3) is 0.227. The Hall–Kier alpha value is -2.43. The predicted molar refractivity (Wildman–Crippen MR) is 108 cm³/mol. The first-order valence-electron chi connectivity index (χ1n) is 8.95. The molecule has 2 aromatic carbocycles. The predicted octanol–water partition coefficient (Wildman–Crippen LogP) is 3.84. The molecule has 1 aromatic heterocycles. The summed E-state index contributed by atoms with van der Waals surface area (Å²) >= 11 is 1.73. The minimum absolute atomic E-state index is 0.121. The SMILES string of the molecule is CC(C)N(C(=O)C[NH2+][C@@H](c1ccccc1)c1cccs1)c1ccccc1. The number of rotatable bonds is 7. The largest absolute Gasteiger partial charge is 0.328 e. The van der Waals surface area contributed by atoms with E-state index in [1.807, 2.05) is 41.3 Å². The highest BCUT2D eigenvalue weighted by Crippen LogP contribution is 2.22. The van der Waals surface area contributed by atoms with Crippen molar-refractivity contribution in [3.05, 3.63) is 88.6 Å². The number of carbonyl (C=O) groups is 1. The molecular formula is C22H25N2OS+. The quantitative estimate of drug-likeness (QED) is 0.678. The third-order valence-electron chi connectivity index (χ3n) is 4.36. The van der Waals surface area contributed by atoms with Gasteiger partial charge in [0.1, 0.15) is 6.04 Å². The Morgan fingerprint density at radius 1 is 0.962 bits per heavy atom. The van der Waals surface area contributed by atoms with Crippen molar-refractivity contribution in [1.29, 1.82) is 0 Å². The average molecular weight is 366 g/mol. The van der Waals surface area contributed by atoms with Crippen LogP contribution in [0.4, 0.5) is 5.69 Å². The van der Waals surface area contributed by atoms with E-state index in [2.05, 4.69) is 60.9 Å². The topological polar surface area (TPSA) is 36.9 Å². The molecule has 4 heteroatoms. The molecule has 0 saturated carbocycles. The minimum Gasteiger partial charge on any atom is -0.328 e. The normalized spacial score (nSPS) is 12.1. The summed E-state index contributed by atoms with van der Waals surface area (Å²) in [5.41, 5.74) is 2.17. The van der Waals surface area contributed by atoms with E-state index in [0.717, 1.165) is 5.69 Å². The van der Waals surface area contributed by atoms with E-state index >= 15 is 0 Å². The summed E-state index contributed by atoms with van der Waals surface area (Å²) in [4.78, 5) is 16.1. The second kappa shape index (κ2) is 8.79. The molecule has 3 rings (SSSR count). The summed E-state index contributed by atoms with van der Waals surface area (Å²) in [6.07, 6.45) is 0. The molecule has 26 heavy (non-hydrogen) atoms. The number of hydrogen-bond donors (Lipinski definition) is 1. The van der Waals surface area contributed by atoms with Crippen LogP contribution in [0.1, 0.15) is 30.3 Å². The van der Waals surface area contributed by atoms with Gasteiger partial charge in [-0.05, 0) is 37.4 Å². The molecule has 0 aliphatic heterocycles. The van der Waals surface area contributed by atoms with E-state index in [1.54, 1.807) is 11.3 Å². The van der Waals surface area contributed by atoms with E-state index in [-0.39, 0.29) is 18.0 Å². The van der Waals surface area contributed by atoms with Gasteiger partial charge in [-0.15, -0.1) is 11.3 Å². The summed E-state index contributed by atoms with van der Waals surface area (Å²) < 4.78 is 0. The van der Waals surface area contributed by atoms with E-state index in [1.165, 1.54) is 10.4 Å². The van der Waals surface area contributed by atoms with Crippen molar-refractivity contribution >= 4 is 22.9 Å². The van der Waals surface area contributed by atoms with Crippen LogP contribution in [0.3, 0.4) is 0 Å².